The SMILES string of the molecule is Cc1ccc(NC(=S)N[C@H](NC(=O)c2ccco2)C(Cl)(Cl)Cl)cc1. The summed E-state index contributed by atoms with van der Waals surface area (Å²) in [7, 11) is 0. The van der Waals surface area contributed by atoms with E-state index in [1.165, 1.54) is 12.3 Å². The molecule has 9 heteroatoms. The molecule has 0 fully saturated rings. The van der Waals surface area contributed by atoms with E-state index in [9.17, 15) is 4.79 Å². The summed E-state index contributed by atoms with van der Waals surface area (Å²) in [6.07, 6.45) is 0.307. The van der Waals surface area contributed by atoms with Gasteiger partial charge in [0, 0.05) is 5.69 Å². The minimum Gasteiger partial charge on any atom is -0.459 e. The van der Waals surface area contributed by atoms with Crippen LogP contribution in [0, 0.1) is 6.92 Å². The van der Waals surface area contributed by atoms with Crippen molar-refractivity contribution in [2.75, 3.05) is 5.32 Å². The minimum absolute atomic E-state index is 0.0912. The zero-order valence-corrected chi connectivity index (χ0v) is 15.6. The van der Waals surface area contributed by atoms with Gasteiger partial charge in [-0.3, -0.25) is 4.79 Å². The predicted molar refractivity (Wildman–Crippen MR) is 101 cm³/mol. The fourth-order valence-electron chi connectivity index (χ4n) is 1.74. The van der Waals surface area contributed by atoms with Crippen molar-refractivity contribution in [3.63, 3.8) is 0 Å². The van der Waals surface area contributed by atoms with Crippen molar-refractivity contribution in [2.45, 2.75) is 16.9 Å². The number of halogens is 3. The van der Waals surface area contributed by atoms with Crippen LogP contribution in [0.1, 0.15) is 16.1 Å². The fourth-order valence-corrected chi connectivity index (χ4v) is 2.31. The number of carbonyl (C=O) groups excluding carboxylic acids is 1. The number of aryl methyl sites for hydroxylation is 1. The molecule has 0 aliphatic carbocycles. The molecular weight excluding hydrogens is 393 g/mol. The van der Waals surface area contributed by atoms with Gasteiger partial charge < -0.3 is 20.4 Å². The Bertz CT molecular complexity index is 700. The fraction of sp³-hybridized carbons (Fsp3) is 0.200. The van der Waals surface area contributed by atoms with Gasteiger partial charge in [0.15, 0.2) is 10.9 Å². The third-order valence-electron chi connectivity index (χ3n) is 2.93. The third-order valence-corrected chi connectivity index (χ3v) is 3.81. The van der Waals surface area contributed by atoms with Gasteiger partial charge >= 0.3 is 0 Å². The van der Waals surface area contributed by atoms with Crippen molar-refractivity contribution in [1.29, 1.82) is 0 Å². The molecule has 0 aliphatic rings. The van der Waals surface area contributed by atoms with E-state index >= 15 is 0 Å². The molecule has 1 aromatic carbocycles. The first-order valence-corrected chi connectivity index (χ1v) is 8.35. The standard InChI is InChI=1S/C15H14Cl3N3O2S/c1-9-4-6-10(7-5-9)19-14(24)21-13(15(16,17)18)20-12(22)11-3-2-8-23-11/h2-8,13H,1H3,(H,20,22)(H2,19,21,24)/t13-/m0/s1. The largest absolute Gasteiger partial charge is 0.459 e. The summed E-state index contributed by atoms with van der Waals surface area (Å²) in [6.45, 7) is 1.98. The molecule has 0 saturated heterocycles. The molecule has 0 spiro atoms. The summed E-state index contributed by atoms with van der Waals surface area (Å²) in [4.78, 5) is 12.1. The highest BCUT2D eigenvalue weighted by Gasteiger charge is 2.35. The molecule has 24 heavy (non-hydrogen) atoms. The summed E-state index contributed by atoms with van der Waals surface area (Å²) in [5, 5.41) is 8.42. The van der Waals surface area contributed by atoms with Crippen molar-refractivity contribution >= 4 is 63.7 Å². The van der Waals surface area contributed by atoms with Crippen molar-refractivity contribution in [3.8, 4) is 0 Å². The van der Waals surface area contributed by atoms with Gasteiger partial charge in [0.2, 0.25) is 3.79 Å². The molecule has 0 bridgehead atoms. The first kappa shape index (κ1) is 18.9. The van der Waals surface area contributed by atoms with Crippen LogP contribution in [0.15, 0.2) is 47.1 Å². The molecule has 0 aliphatic heterocycles. The second-order valence-corrected chi connectivity index (χ2v) is 7.67. The quantitative estimate of drug-likeness (QED) is 0.407. The van der Waals surface area contributed by atoms with E-state index in [0.717, 1.165) is 11.3 Å². The number of rotatable bonds is 4. The van der Waals surface area contributed by atoms with E-state index in [0.29, 0.717) is 0 Å². The number of carbonyl (C=O) groups is 1. The second kappa shape index (κ2) is 8.07. The number of hydrogen-bond acceptors (Lipinski definition) is 3. The maximum Gasteiger partial charge on any atom is 0.288 e. The van der Waals surface area contributed by atoms with E-state index in [1.54, 1.807) is 6.07 Å². The molecule has 1 heterocycles. The Hall–Kier alpha value is -1.47. The van der Waals surface area contributed by atoms with Crippen LogP contribution in [0.3, 0.4) is 0 Å². The Labute approximate surface area is 159 Å². The summed E-state index contributed by atoms with van der Waals surface area (Å²) >= 11 is 22.9. The number of benzene rings is 1. The Morgan fingerprint density at radius 1 is 1.17 bits per heavy atom. The normalized spacial score (nSPS) is 12.3. The van der Waals surface area contributed by atoms with Gasteiger partial charge in [-0.25, -0.2) is 0 Å². The first-order chi connectivity index (χ1) is 11.3. The number of amides is 1. The summed E-state index contributed by atoms with van der Waals surface area (Å²) in [5.41, 5.74) is 1.88. The van der Waals surface area contributed by atoms with Crippen LogP contribution in [0.25, 0.3) is 0 Å². The Morgan fingerprint density at radius 3 is 2.38 bits per heavy atom. The third kappa shape index (κ3) is 5.56. The van der Waals surface area contributed by atoms with E-state index in [-0.39, 0.29) is 10.9 Å². The molecule has 0 radical (unpaired) electrons. The Morgan fingerprint density at radius 2 is 1.83 bits per heavy atom. The van der Waals surface area contributed by atoms with Crippen molar-refractivity contribution in [1.82, 2.24) is 10.6 Å². The highest BCUT2D eigenvalue weighted by molar-refractivity contribution is 7.80. The average molecular weight is 407 g/mol. The van der Waals surface area contributed by atoms with E-state index in [1.807, 2.05) is 31.2 Å². The van der Waals surface area contributed by atoms with Gasteiger partial charge in [-0.1, -0.05) is 52.5 Å². The summed E-state index contributed by atoms with van der Waals surface area (Å²) in [5.74, 6) is -0.449. The van der Waals surface area contributed by atoms with E-state index in [2.05, 4.69) is 16.0 Å². The topological polar surface area (TPSA) is 66.3 Å². The van der Waals surface area contributed by atoms with Crippen LogP contribution in [0.2, 0.25) is 0 Å². The molecule has 0 unspecified atom stereocenters. The molecule has 1 aromatic heterocycles. The summed E-state index contributed by atoms with van der Waals surface area (Å²) in [6, 6.07) is 10.6. The zero-order chi connectivity index (χ0) is 17.7. The van der Waals surface area contributed by atoms with Crippen LogP contribution in [-0.2, 0) is 0 Å². The van der Waals surface area contributed by atoms with Crippen molar-refractivity contribution in [2.24, 2.45) is 0 Å². The van der Waals surface area contributed by atoms with E-state index in [4.69, 9.17) is 51.4 Å². The zero-order valence-electron chi connectivity index (χ0n) is 12.5. The van der Waals surface area contributed by atoms with Crippen molar-refractivity contribution < 1.29 is 9.21 Å². The molecule has 5 nitrogen and oxygen atoms in total. The van der Waals surface area contributed by atoms with Gasteiger partial charge in [0.1, 0.15) is 6.17 Å². The number of anilines is 1. The lowest BCUT2D eigenvalue weighted by atomic mass is 10.2. The van der Waals surface area contributed by atoms with Crippen LogP contribution >= 0.6 is 47.0 Å². The highest BCUT2D eigenvalue weighted by Crippen LogP contribution is 2.29. The van der Waals surface area contributed by atoms with Gasteiger partial charge in [0.25, 0.3) is 5.91 Å². The van der Waals surface area contributed by atoms with Gasteiger partial charge in [-0.2, -0.15) is 0 Å². The Kier molecular flexibility index (Phi) is 6.34. The molecular formula is C15H14Cl3N3O2S. The number of nitrogens with one attached hydrogen (secondary N) is 3. The molecule has 2 aromatic rings. The van der Waals surface area contributed by atoms with Crippen LogP contribution < -0.4 is 16.0 Å². The van der Waals surface area contributed by atoms with Crippen LogP contribution in [0.5, 0.6) is 0 Å². The molecule has 128 valence electrons. The van der Waals surface area contributed by atoms with Gasteiger partial charge in [-0.15, -0.1) is 0 Å². The van der Waals surface area contributed by atoms with Crippen LogP contribution in [0.4, 0.5) is 5.69 Å². The lowest BCUT2D eigenvalue weighted by Gasteiger charge is -2.27. The predicted octanol–water partition coefficient (Wildman–Crippen LogP) is 4.00. The smallest absolute Gasteiger partial charge is 0.288 e. The number of alkyl halides is 3. The molecule has 2 rings (SSSR count). The van der Waals surface area contributed by atoms with E-state index < -0.39 is 15.9 Å². The molecule has 0 saturated carbocycles. The maximum atomic E-state index is 12.1. The molecule has 1 atom stereocenters. The number of furan rings is 1. The molecule has 1 amide bonds. The Balaban J connectivity index is 2.01. The monoisotopic (exact) mass is 405 g/mol. The first-order valence-electron chi connectivity index (χ1n) is 6.81. The van der Waals surface area contributed by atoms with Crippen molar-refractivity contribution in [3.05, 3.63) is 54.0 Å². The molecule has 3 N–H and O–H groups in total. The second-order valence-electron chi connectivity index (χ2n) is 4.89. The lowest BCUT2D eigenvalue weighted by Crippen LogP contribution is -2.56. The van der Waals surface area contributed by atoms with Crippen LogP contribution in [-0.4, -0.2) is 21.0 Å². The average Bonchev–Trinajstić information content (AvgIpc) is 3.02. The van der Waals surface area contributed by atoms with Gasteiger partial charge in [-0.05, 0) is 43.4 Å². The number of hydrogen-bond donors (Lipinski definition) is 3. The lowest BCUT2D eigenvalue weighted by molar-refractivity contribution is 0.0906. The van der Waals surface area contributed by atoms with Gasteiger partial charge in [0.05, 0.1) is 6.26 Å². The number of thiocarbonyl (C=S) groups is 1. The summed E-state index contributed by atoms with van der Waals surface area (Å²) < 4.78 is 3.17. The highest BCUT2D eigenvalue weighted by atomic mass is 35.6. The maximum absolute atomic E-state index is 12.1. The minimum atomic E-state index is -1.83.